The zero-order chi connectivity index (χ0) is 20.7. The van der Waals surface area contributed by atoms with Crippen molar-refractivity contribution in [3.63, 3.8) is 0 Å². The number of esters is 2. The van der Waals surface area contributed by atoms with Crippen molar-refractivity contribution < 1.29 is 23.9 Å². The number of nitrogens with one attached hydrogen (secondary N) is 1. The summed E-state index contributed by atoms with van der Waals surface area (Å²) in [6, 6.07) is 10.1. The molecule has 0 saturated carbocycles. The minimum absolute atomic E-state index is 0.283. The third-order valence-corrected chi connectivity index (χ3v) is 4.55. The van der Waals surface area contributed by atoms with Gasteiger partial charge in [0.15, 0.2) is 6.61 Å². The van der Waals surface area contributed by atoms with Gasteiger partial charge < -0.3 is 19.4 Å². The Morgan fingerprint density at radius 3 is 2.39 bits per heavy atom. The van der Waals surface area contributed by atoms with Gasteiger partial charge in [0, 0.05) is 24.4 Å². The molecule has 1 atom stereocenters. The fourth-order valence-electron chi connectivity index (χ4n) is 3.12. The topological polar surface area (TPSA) is 86.6 Å². The number of amides is 1. The summed E-state index contributed by atoms with van der Waals surface area (Å²) in [6.07, 6.45) is 0.283. The minimum atomic E-state index is -0.858. The third kappa shape index (κ3) is 5.22. The van der Waals surface area contributed by atoms with Crippen molar-refractivity contribution in [1.82, 2.24) is 9.88 Å². The molecule has 1 amide bonds. The van der Waals surface area contributed by atoms with Crippen LogP contribution in [0, 0.1) is 13.8 Å². The second-order valence-electron chi connectivity index (χ2n) is 6.44. The van der Waals surface area contributed by atoms with E-state index in [-0.39, 0.29) is 6.42 Å². The molecule has 1 N–H and O–H groups in total. The van der Waals surface area contributed by atoms with E-state index in [1.165, 1.54) is 7.11 Å². The van der Waals surface area contributed by atoms with Crippen LogP contribution in [0.2, 0.25) is 0 Å². The molecule has 0 saturated heterocycles. The summed E-state index contributed by atoms with van der Waals surface area (Å²) < 4.78 is 11.9. The van der Waals surface area contributed by atoms with Crippen molar-refractivity contribution >= 4 is 17.8 Å². The SMILES string of the molecule is CCn1c(C)cc(C(=O)OCC(=O)NC(Cc2ccccc2)C(=O)OC)c1C. The van der Waals surface area contributed by atoms with Crippen LogP contribution in [-0.2, 0) is 32.0 Å². The first-order valence-corrected chi connectivity index (χ1v) is 9.12. The Hall–Kier alpha value is -3.09. The zero-order valence-corrected chi connectivity index (χ0v) is 16.7. The Morgan fingerprint density at radius 2 is 1.82 bits per heavy atom. The number of aryl methyl sites for hydroxylation is 1. The lowest BCUT2D eigenvalue weighted by molar-refractivity contribution is -0.145. The fourth-order valence-corrected chi connectivity index (χ4v) is 3.12. The van der Waals surface area contributed by atoms with Crippen LogP contribution < -0.4 is 5.32 Å². The molecule has 0 radical (unpaired) electrons. The van der Waals surface area contributed by atoms with Gasteiger partial charge in [-0.2, -0.15) is 0 Å². The molecule has 0 fully saturated rings. The van der Waals surface area contributed by atoms with Crippen LogP contribution in [0.4, 0.5) is 0 Å². The van der Waals surface area contributed by atoms with E-state index in [4.69, 9.17) is 9.47 Å². The van der Waals surface area contributed by atoms with Gasteiger partial charge >= 0.3 is 11.9 Å². The normalized spacial score (nSPS) is 11.6. The molecular formula is C21H26N2O5. The average Bonchev–Trinajstić information content (AvgIpc) is 2.99. The largest absolute Gasteiger partial charge is 0.467 e. The summed E-state index contributed by atoms with van der Waals surface area (Å²) in [7, 11) is 1.26. The van der Waals surface area contributed by atoms with Gasteiger partial charge in [0.2, 0.25) is 0 Å². The number of methoxy groups -OCH3 is 1. The summed E-state index contributed by atoms with van der Waals surface area (Å²) in [6.45, 7) is 6.00. The highest BCUT2D eigenvalue weighted by molar-refractivity contribution is 5.93. The monoisotopic (exact) mass is 386 g/mol. The first-order valence-electron chi connectivity index (χ1n) is 9.12. The predicted molar refractivity (Wildman–Crippen MR) is 104 cm³/mol. The first kappa shape index (κ1) is 21.2. The lowest BCUT2D eigenvalue weighted by Crippen LogP contribution is -2.44. The molecule has 7 nitrogen and oxygen atoms in total. The maximum Gasteiger partial charge on any atom is 0.340 e. The third-order valence-electron chi connectivity index (χ3n) is 4.55. The molecule has 2 rings (SSSR count). The molecule has 0 bridgehead atoms. The van der Waals surface area contributed by atoms with Crippen LogP contribution in [0.25, 0.3) is 0 Å². The fraction of sp³-hybridized carbons (Fsp3) is 0.381. The number of rotatable bonds is 8. The zero-order valence-electron chi connectivity index (χ0n) is 16.7. The van der Waals surface area contributed by atoms with Crippen LogP contribution in [0.15, 0.2) is 36.4 Å². The van der Waals surface area contributed by atoms with Gasteiger partial charge in [-0.15, -0.1) is 0 Å². The number of nitrogens with zero attached hydrogens (tertiary/aromatic N) is 1. The van der Waals surface area contributed by atoms with E-state index in [0.717, 1.165) is 23.5 Å². The first-order chi connectivity index (χ1) is 13.4. The van der Waals surface area contributed by atoms with Crippen molar-refractivity contribution in [3.05, 3.63) is 58.9 Å². The lowest BCUT2D eigenvalue weighted by Gasteiger charge is -2.16. The van der Waals surface area contributed by atoms with E-state index < -0.39 is 30.5 Å². The van der Waals surface area contributed by atoms with Crippen LogP contribution in [-0.4, -0.2) is 42.2 Å². The Morgan fingerprint density at radius 1 is 1.14 bits per heavy atom. The summed E-state index contributed by atoms with van der Waals surface area (Å²) in [5.41, 5.74) is 3.05. The van der Waals surface area contributed by atoms with Crippen molar-refractivity contribution in [2.24, 2.45) is 0 Å². The van der Waals surface area contributed by atoms with Gasteiger partial charge in [0.25, 0.3) is 5.91 Å². The molecule has 1 unspecified atom stereocenters. The van der Waals surface area contributed by atoms with Crippen LogP contribution in [0.1, 0.15) is 34.2 Å². The summed E-state index contributed by atoms with van der Waals surface area (Å²) in [5.74, 6) is -1.69. The number of benzene rings is 1. The number of hydrogen-bond acceptors (Lipinski definition) is 5. The Bertz CT molecular complexity index is 842. The second-order valence-corrected chi connectivity index (χ2v) is 6.44. The molecule has 0 aliphatic heterocycles. The van der Waals surface area contributed by atoms with E-state index in [2.05, 4.69) is 5.32 Å². The predicted octanol–water partition coefficient (Wildman–Crippen LogP) is 2.18. The molecule has 1 aromatic heterocycles. The van der Waals surface area contributed by atoms with Crippen molar-refractivity contribution in [1.29, 1.82) is 0 Å². The highest BCUT2D eigenvalue weighted by Gasteiger charge is 2.23. The molecule has 0 spiro atoms. The Balaban J connectivity index is 1.97. The van der Waals surface area contributed by atoms with Gasteiger partial charge in [0.1, 0.15) is 6.04 Å². The number of hydrogen-bond donors (Lipinski definition) is 1. The maximum atomic E-state index is 12.3. The Labute approximate surface area is 164 Å². The molecule has 2 aromatic rings. The van der Waals surface area contributed by atoms with E-state index >= 15 is 0 Å². The maximum absolute atomic E-state index is 12.3. The quantitative estimate of drug-likeness (QED) is 0.703. The second kappa shape index (κ2) is 9.73. The van der Waals surface area contributed by atoms with E-state index in [0.29, 0.717) is 5.56 Å². The van der Waals surface area contributed by atoms with Crippen LogP contribution in [0.3, 0.4) is 0 Å². The van der Waals surface area contributed by atoms with Gasteiger partial charge in [-0.3, -0.25) is 4.79 Å². The van der Waals surface area contributed by atoms with Crippen LogP contribution in [0.5, 0.6) is 0 Å². The number of carbonyl (C=O) groups excluding carboxylic acids is 3. The standard InChI is InChI=1S/C21H26N2O5/c1-5-23-14(2)11-17(15(23)3)20(25)28-13-19(24)22-18(21(26)27-4)12-16-9-7-6-8-10-16/h6-11,18H,5,12-13H2,1-4H3,(H,22,24). The Kier molecular flexibility index (Phi) is 7.37. The molecule has 28 heavy (non-hydrogen) atoms. The molecular weight excluding hydrogens is 360 g/mol. The van der Waals surface area contributed by atoms with Crippen LogP contribution >= 0.6 is 0 Å². The molecule has 1 heterocycles. The highest BCUT2D eigenvalue weighted by atomic mass is 16.5. The number of carbonyl (C=O) groups is 3. The van der Waals surface area contributed by atoms with Gasteiger partial charge in [-0.05, 0) is 32.4 Å². The van der Waals surface area contributed by atoms with Gasteiger partial charge in [0.05, 0.1) is 12.7 Å². The lowest BCUT2D eigenvalue weighted by atomic mass is 10.1. The average molecular weight is 386 g/mol. The molecule has 7 heteroatoms. The van der Waals surface area contributed by atoms with E-state index in [1.807, 2.05) is 55.7 Å². The highest BCUT2D eigenvalue weighted by Crippen LogP contribution is 2.16. The van der Waals surface area contributed by atoms with Gasteiger partial charge in [-0.1, -0.05) is 30.3 Å². The van der Waals surface area contributed by atoms with E-state index in [1.54, 1.807) is 6.07 Å². The summed E-state index contributed by atoms with van der Waals surface area (Å²) >= 11 is 0. The van der Waals surface area contributed by atoms with Crippen molar-refractivity contribution in [2.45, 2.75) is 39.8 Å². The summed E-state index contributed by atoms with van der Waals surface area (Å²) in [5, 5.41) is 2.57. The van der Waals surface area contributed by atoms with Crippen molar-refractivity contribution in [3.8, 4) is 0 Å². The smallest absolute Gasteiger partial charge is 0.340 e. The minimum Gasteiger partial charge on any atom is -0.467 e. The number of aromatic nitrogens is 1. The molecule has 0 aliphatic carbocycles. The molecule has 0 aliphatic rings. The molecule has 1 aromatic carbocycles. The number of ether oxygens (including phenoxy) is 2. The van der Waals surface area contributed by atoms with Crippen molar-refractivity contribution in [2.75, 3.05) is 13.7 Å². The van der Waals surface area contributed by atoms with Gasteiger partial charge in [-0.25, -0.2) is 9.59 Å². The molecule has 150 valence electrons. The summed E-state index contributed by atoms with van der Waals surface area (Å²) in [4.78, 5) is 36.5. The van der Waals surface area contributed by atoms with E-state index in [9.17, 15) is 14.4 Å².